The van der Waals surface area contributed by atoms with E-state index in [-0.39, 0.29) is 73.5 Å². The number of amides is 4. The van der Waals surface area contributed by atoms with Crippen LogP contribution in [-0.2, 0) is 19.2 Å². The van der Waals surface area contributed by atoms with Crippen molar-refractivity contribution >= 4 is 29.4 Å². The molecule has 1 unspecified atom stereocenters. The van der Waals surface area contributed by atoms with Crippen LogP contribution in [0.5, 0.6) is 11.5 Å². The standard InChI is InChI=1S/C14H19N3O3.C12H21N3O3.C11H13N3O2.CH4/c1-2-11(15)13(19)16-9-7-17(8-9)14(20)10-5-3-4-6-12(10)18;1-2-8(13)10(16)5-6-11(17)15-7-3-4-9(15)12(14)18;12-8(6-15)11-13-5-9(14-11)7-3-1-2-4-10(7)16;/h3-6,9,11,18H,2,7-8,15H2,1H3,(H,16,19);8-9H,2-7,13H2,1H3,(H2,14,18);1-5,8,15-16H,6,12H2,(H,13,14);1H4/t11-;8-,9?;8-;/m000./s1. The van der Waals surface area contributed by atoms with Crippen molar-refractivity contribution in [1.29, 1.82) is 0 Å². The van der Waals surface area contributed by atoms with Crippen molar-refractivity contribution < 1.29 is 39.3 Å². The molecule has 1 aromatic heterocycles. The SMILES string of the molecule is C.CC[C@H](N)C(=O)CCC(=O)N1CCCC1C(N)=O.CC[C@H](N)C(=O)NC1CN(C(=O)c2ccccc2O)C1.N[C@@H](CO)c1ncc(-c2ccccc2O)[nH]1. The zero-order valence-electron chi connectivity index (χ0n) is 30.7. The molecule has 302 valence electrons. The first kappa shape index (κ1) is 45.8. The average molecular weight is 768 g/mol. The zero-order valence-corrected chi connectivity index (χ0v) is 30.7. The Hall–Kier alpha value is -5.36. The summed E-state index contributed by atoms with van der Waals surface area (Å²) in [5.74, 6) is -0.541. The lowest BCUT2D eigenvalue weighted by Gasteiger charge is -2.40. The van der Waals surface area contributed by atoms with Crippen LogP contribution in [0.4, 0.5) is 0 Å². The number of Topliss-reactive ketones (excluding diaryl/α,β-unsaturated/α-hetero) is 1. The number of aliphatic hydroxyl groups is 1. The van der Waals surface area contributed by atoms with E-state index in [1.807, 2.05) is 19.9 Å². The van der Waals surface area contributed by atoms with Gasteiger partial charge in [-0.2, -0.15) is 0 Å². The number of aromatic hydroxyl groups is 2. The van der Waals surface area contributed by atoms with Crippen LogP contribution < -0.4 is 28.3 Å². The molecule has 2 aromatic carbocycles. The summed E-state index contributed by atoms with van der Waals surface area (Å²) in [6.45, 7) is 4.92. The highest BCUT2D eigenvalue weighted by Gasteiger charge is 2.34. The van der Waals surface area contributed by atoms with Gasteiger partial charge in [-0.1, -0.05) is 45.5 Å². The van der Waals surface area contributed by atoms with Gasteiger partial charge in [0.2, 0.25) is 17.7 Å². The summed E-state index contributed by atoms with van der Waals surface area (Å²) in [5, 5.41) is 31.0. The minimum Gasteiger partial charge on any atom is -0.507 e. The van der Waals surface area contributed by atoms with Gasteiger partial charge < -0.3 is 58.4 Å². The third-order valence-electron chi connectivity index (χ3n) is 9.10. The summed E-state index contributed by atoms with van der Waals surface area (Å²) in [4.78, 5) is 68.3. The Morgan fingerprint density at radius 2 is 1.55 bits per heavy atom. The maximum Gasteiger partial charge on any atom is 0.257 e. The lowest BCUT2D eigenvalue weighted by Crippen LogP contribution is -2.62. The summed E-state index contributed by atoms with van der Waals surface area (Å²) < 4.78 is 0. The lowest BCUT2D eigenvalue weighted by molar-refractivity contribution is -0.138. The molecule has 4 atom stereocenters. The van der Waals surface area contributed by atoms with E-state index in [4.69, 9.17) is 28.0 Å². The first-order valence-electron chi connectivity index (χ1n) is 17.9. The van der Waals surface area contributed by atoms with E-state index >= 15 is 0 Å². The summed E-state index contributed by atoms with van der Waals surface area (Å²) in [6.07, 6.45) is 4.37. The topological polar surface area (TPSA) is 297 Å². The van der Waals surface area contributed by atoms with Crippen molar-refractivity contribution in [3.05, 3.63) is 66.1 Å². The average Bonchev–Trinajstić information content (AvgIpc) is 3.86. The number of carbonyl (C=O) groups excluding carboxylic acids is 5. The second-order valence-corrected chi connectivity index (χ2v) is 13.1. The molecule has 2 aliphatic heterocycles. The van der Waals surface area contributed by atoms with E-state index in [1.165, 1.54) is 11.0 Å². The Morgan fingerprint density at radius 3 is 2.13 bits per heavy atom. The number of imidazole rings is 1. The molecule has 3 aromatic rings. The largest absolute Gasteiger partial charge is 0.507 e. The maximum atomic E-state index is 12.1. The lowest BCUT2D eigenvalue weighted by atomic mass is 10.1. The Balaban J connectivity index is 0.000000284. The van der Waals surface area contributed by atoms with Crippen molar-refractivity contribution in [3.8, 4) is 22.8 Å². The number of ketones is 1. The normalized spacial score (nSPS) is 16.4. The molecule has 17 heteroatoms. The second-order valence-electron chi connectivity index (χ2n) is 13.1. The smallest absolute Gasteiger partial charge is 0.257 e. The van der Waals surface area contributed by atoms with Gasteiger partial charge in [-0.25, -0.2) is 4.98 Å². The van der Waals surface area contributed by atoms with E-state index in [0.717, 1.165) is 6.42 Å². The number of nitrogens with one attached hydrogen (secondary N) is 2. The van der Waals surface area contributed by atoms with Crippen molar-refractivity contribution in [2.24, 2.45) is 22.9 Å². The van der Waals surface area contributed by atoms with Crippen molar-refractivity contribution in [2.75, 3.05) is 26.2 Å². The van der Waals surface area contributed by atoms with Crippen molar-refractivity contribution in [2.45, 2.75) is 90.0 Å². The number of phenols is 2. The Labute approximate surface area is 321 Å². The fourth-order valence-electron chi connectivity index (χ4n) is 5.65. The van der Waals surface area contributed by atoms with Gasteiger partial charge >= 0.3 is 0 Å². The van der Waals surface area contributed by atoms with E-state index in [2.05, 4.69) is 15.3 Å². The summed E-state index contributed by atoms with van der Waals surface area (Å²) in [6, 6.07) is 11.3. The molecule has 17 nitrogen and oxygen atoms in total. The number of nitrogens with zero attached hydrogens (tertiary/aromatic N) is 3. The fourth-order valence-corrected chi connectivity index (χ4v) is 5.65. The van der Waals surface area contributed by atoms with E-state index < -0.39 is 30.1 Å². The summed E-state index contributed by atoms with van der Waals surface area (Å²) in [7, 11) is 0. The van der Waals surface area contributed by atoms with Gasteiger partial charge in [0.15, 0.2) is 0 Å². The highest BCUT2D eigenvalue weighted by Crippen LogP contribution is 2.27. The van der Waals surface area contributed by atoms with Crippen LogP contribution in [0.15, 0.2) is 54.7 Å². The molecule has 13 N–H and O–H groups in total. The second kappa shape index (κ2) is 22.1. The molecular weight excluding hydrogens is 710 g/mol. The maximum absolute atomic E-state index is 12.1. The number of aromatic nitrogens is 2. The monoisotopic (exact) mass is 767 g/mol. The first-order chi connectivity index (χ1) is 25.7. The van der Waals surface area contributed by atoms with Crippen LogP contribution in [0.1, 0.15) is 82.0 Å². The van der Waals surface area contributed by atoms with Crippen LogP contribution in [0.2, 0.25) is 0 Å². The minimum absolute atomic E-state index is 0. The third kappa shape index (κ3) is 12.9. The molecule has 55 heavy (non-hydrogen) atoms. The molecule has 3 heterocycles. The van der Waals surface area contributed by atoms with E-state index in [0.29, 0.717) is 56.0 Å². The summed E-state index contributed by atoms with van der Waals surface area (Å²) >= 11 is 0. The number of hydrogen-bond acceptors (Lipinski definition) is 12. The molecule has 5 rings (SSSR count). The number of rotatable bonds is 13. The Bertz CT molecular complexity index is 1730. The van der Waals surface area contributed by atoms with Gasteiger partial charge in [0.25, 0.3) is 5.91 Å². The van der Waals surface area contributed by atoms with Crippen molar-refractivity contribution in [3.63, 3.8) is 0 Å². The molecule has 2 fully saturated rings. The Morgan fingerprint density at radius 1 is 0.927 bits per heavy atom. The molecule has 4 amide bonds. The predicted molar refractivity (Wildman–Crippen MR) is 207 cm³/mol. The highest BCUT2D eigenvalue weighted by molar-refractivity contribution is 5.97. The number of para-hydroxylation sites is 2. The van der Waals surface area contributed by atoms with Gasteiger partial charge in [-0.05, 0) is 49.9 Å². The predicted octanol–water partition coefficient (Wildman–Crippen LogP) is 1.03. The van der Waals surface area contributed by atoms with E-state index in [1.54, 1.807) is 47.5 Å². The first-order valence-corrected chi connectivity index (χ1v) is 17.9. The number of benzene rings is 2. The number of phenolic OH excluding ortho intramolecular Hbond substituents is 2. The number of likely N-dealkylation sites (tertiary alicyclic amines) is 2. The molecule has 0 radical (unpaired) electrons. The number of hydrogen-bond donors (Lipinski definition) is 9. The number of primary amides is 1. The molecule has 0 spiro atoms. The number of carbonyl (C=O) groups is 5. The number of H-pyrrole nitrogens is 1. The number of aliphatic hydroxyl groups excluding tert-OH is 1. The number of aromatic amines is 1. The minimum atomic E-state index is -0.528. The number of nitrogens with two attached hydrogens (primary N) is 4. The van der Waals surface area contributed by atoms with Crippen LogP contribution in [-0.4, -0.2) is 115 Å². The molecular formula is C38H57N9O8. The molecule has 0 aliphatic carbocycles. The van der Waals surface area contributed by atoms with Crippen molar-refractivity contribution in [1.82, 2.24) is 25.1 Å². The van der Waals surface area contributed by atoms with Gasteiger partial charge in [0.05, 0.1) is 48.2 Å². The van der Waals surface area contributed by atoms with Crippen LogP contribution in [0.3, 0.4) is 0 Å². The van der Waals surface area contributed by atoms with Gasteiger partial charge in [0.1, 0.15) is 29.1 Å². The van der Waals surface area contributed by atoms with Crippen LogP contribution in [0, 0.1) is 0 Å². The van der Waals surface area contributed by atoms with Crippen LogP contribution >= 0.6 is 0 Å². The highest BCUT2D eigenvalue weighted by atomic mass is 16.3. The molecule has 2 saturated heterocycles. The fraction of sp³-hybridized carbons (Fsp3) is 0.474. The summed E-state index contributed by atoms with van der Waals surface area (Å²) in [5.41, 5.74) is 23.7. The third-order valence-corrected chi connectivity index (χ3v) is 9.10. The van der Waals surface area contributed by atoms with Gasteiger partial charge in [-0.15, -0.1) is 0 Å². The molecule has 0 bridgehead atoms. The van der Waals surface area contributed by atoms with Gasteiger partial charge in [0, 0.05) is 38.0 Å². The molecule has 0 saturated carbocycles. The van der Waals surface area contributed by atoms with E-state index in [9.17, 15) is 34.2 Å². The molecule has 2 aliphatic rings. The quantitative estimate of drug-likeness (QED) is 0.118. The zero-order chi connectivity index (χ0) is 39.9. The van der Waals surface area contributed by atoms with Crippen LogP contribution in [0.25, 0.3) is 11.3 Å². The van der Waals surface area contributed by atoms with Gasteiger partial charge in [-0.3, -0.25) is 24.0 Å². The Kier molecular flexibility index (Phi) is 18.4.